The summed E-state index contributed by atoms with van der Waals surface area (Å²) in [6, 6.07) is 15.1. The van der Waals surface area contributed by atoms with Crippen molar-refractivity contribution in [2.24, 2.45) is 5.10 Å². The summed E-state index contributed by atoms with van der Waals surface area (Å²) in [5.74, 6) is 0.158. The molecule has 0 spiro atoms. The summed E-state index contributed by atoms with van der Waals surface area (Å²) in [6.07, 6.45) is 1.56. The minimum Gasteiger partial charge on any atom is -0.494 e. The summed E-state index contributed by atoms with van der Waals surface area (Å²) in [4.78, 5) is 15.3. The Morgan fingerprint density at radius 3 is 2.61 bits per heavy atom. The first-order valence-electron chi connectivity index (χ1n) is 11.5. The molecule has 4 rings (SSSR count). The molecular weight excluding hydrogens is 462 g/mol. The second-order valence-electron chi connectivity index (χ2n) is 7.60. The van der Waals surface area contributed by atoms with Crippen LogP contribution < -0.4 is 20.8 Å². The number of rotatable bonds is 10. The van der Waals surface area contributed by atoms with E-state index in [0.717, 1.165) is 24.3 Å². The van der Waals surface area contributed by atoms with Gasteiger partial charge in [-0.2, -0.15) is 9.78 Å². The minimum atomic E-state index is -0.566. The van der Waals surface area contributed by atoms with E-state index in [1.165, 1.54) is 4.68 Å². The Labute approximate surface area is 207 Å². The Morgan fingerprint density at radius 1 is 1.17 bits per heavy atom. The molecule has 0 aliphatic carbocycles. The molecule has 12 nitrogen and oxygen atoms in total. The standard InChI is InChI=1S/C24H27N9O3/c1-4-32(5-2)18-12-10-16(11-13-18)15-26-28-24(34)20-21(17-8-7-9-19(14-17)35-6-3)33(31-27-20)23-22(25)29-36-30-23/h7-15H,4-6H2,1-3H3,(H2,25,29)(H,28,34)/b26-15+. The van der Waals surface area contributed by atoms with Gasteiger partial charge in [0.05, 0.1) is 12.8 Å². The summed E-state index contributed by atoms with van der Waals surface area (Å²) < 4.78 is 11.6. The summed E-state index contributed by atoms with van der Waals surface area (Å²) in [5, 5.41) is 19.6. The Morgan fingerprint density at radius 2 is 1.94 bits per heavy atom. The Kier molecular flexibility index (Phi) is 7.54. The molecule has 2 heterocycles. The van der Waals surface area contributed by atoms with Gasteiger partial charge < -0.3 is 15.4 Å². The van der Waals surface area contributed by atoms with Crippen LogP contribution in [0.2, 0.25) is 0 Å². The Bertz CT molecular complexity index is 1340. The fourth-order valence-corrected chi connectivity index (χ4v) is 3.66. The van der Waals surface area contributed by atoms with Crippen molar-refractivity contribution < 1.29 is 14.2 Å². The lowest BCUT2D eigenvalue weighted by molar-refractivity contribution is 0.0950. The summed E-state index contributed by atoms with van der Waals surface area (Å²) in [5.41, 5.74) is 11.3. The van der Waals surface area contributed by atoms with Gasteiger partial charge in [-0.25, -0.2) is 10.1 Å². The molecule has 36 heavy (non-hydrogen) atoms. The normalized spacial score (nSPS) is 11.1. The fraction of sp³-hybridized carbons (Fsp3) is 0.250. The SMILES string of the molecule is CCOc1cccc(-c2c(C(=O)N/N=C/c3ccc(N(CC)CC)cc3)nnn2-c2nonc2N)c1. The largest absolute Gasteiger partial charge is 0.494 e. The van der Waals surface area contributed by atoms with Crippen LogP contribution in [0.3, 0.4) is 0 Å². The number of carbonyl (C=O) groups is 1. The molecule has 0 atom stereocenters. The number of amides is 1. The van der Waals surface area contributed by atoms with Crippen molar-refractivity contribution >= 4 is 23.6 Å². The van der Waals surface area contributed by atoms with Crippen LogP contribution in [-0.4, -0.2) is 57.1 Å². The molecule has 0 bridgehead atoms. The van der Waals surface area contributed by atoms with Crippen molar-refractivity contribution in [3.8, 4) is 22.8 Å². The van der Waals surface area contributed by atoms with E-state index in [1.807, 2.05) is 37.3 Å². The Balaban J connectivity index is 1.60. The molecule has 0 fully saturated rings. The number of hydrogen-bond donors (Lipinski definition) is 2. The van der Waals surface area contributed by atoms with Crippen molar-refractivity contribution in [1.29, 1.82) is 0 Å². The number of nitrogens with zero attached hydrogens (tertiary/aromatic N) is 7. The average Bonchev–Trinajstić information content (AvgIpc) is 3.52. The van der Waals surface area contributed by atoms with Gasteiger partial charge in [0.1, 0.15) is 11.4 Å². The monoisotopic (exact) mass is 489 g/mol. The van der Waals surface area contributed by atoms with E-state index in [9.17, 15) is 4.79 Å². The number of hydrogen-bond acceptors (Lipinski definition) is 10. The molecule has 2 aromatic heterocycles. The number of nitrogens with one attached hydrogen (secondary N) is 1. The first-order chi connectivity index (χ1) is 17.5. The summed E-state index contributed by atoms with van der Waals surface area (Å²) >= 11 is 0. The third-order valence-corrected chi connectivity index (χ3v) is 5.40. The number of hydrazone groups is 1. The maximum absolute atomic E-state index is 13.1. The number of benzene rings is 2. The highest BCUT2D eigenvalue weighted by Gasteiger charge is 2.25. The van der Waals surface area contributed by atoms with Crippen LogP contribution in [0.5, 0.6) is 5.75 Å². The van der Waals surface area contributed by atoms with Gasteiger partial charge in [-0.05, 0) is 60.9 Å². The number of carbonyl (C=O) groups excluding carboxylic acids is 1. The maximum atomic E-state index is 13.1. The van der Waals surface area contributed by atoms with Gasteiger partial charge in [0.15, 0.2) is 5.69 Å². The van der Waals surface area contributed by atoms with Crippen molar-refractivity contribution in [3.63, 3.8) is 0 Å². The smallest absolute Gasteiger partial charge is 0.294 e. The number of aromatic nitrogens is 5. The van der Waals surface area contributed by atoms with Crippen LogP contribution in [0.25, 0.3) is 17.1 Å². The van der Waals surface area contributed by atoms with Gasteiger partial charge in [-0.3, -0.25) is 4.79 Å². The third-order valence-electron chi connectivity index (χ3n) is 5.40. The average molecular weight is 490 g/mol. The molecule has 0 aliphatic heterocycles. The van der Waals surface area contributed by atoms with Crippen molar-refractivity contribution in [2.45, 2.75) is 20.8 Å². The molecule has 0 aliphatic rings. The minimum absolute atomic E-state index is 0.000232. The van der Waals surface area contributed by atoms with Gasteiger partial charge in [0.2, 0.25) is 11.6 Å². The number of nitrogens with two attached hydrogens (primary N) is 1. The summed E-state index contributed by atoms with van der Waals surface area (Å²) in [7, 11) is 0. The molecule has 1 amide bonds. The fourth-order valence-electron chi connectivity index (χ4n) is 3.66. The molecule has 0 radical (unpaired) electrons. The lowest BCUT2D eigenvalue weighted by Crippen LogP contribution is -2.21. The highest BCUT2D eigenvalue weighted by Crippen LogP contribution is 2.29. The van der Waals surface area contributed by atoms with E-state index in [-0.39, 0.29) is 17.3 Å². The second-order valence-corrected chi connectivity index (χ2v) is 7.60. The molecule has 2 aromatic carbocycles. The van der Waals surface area contributed by atoms with Gasteiger partial charge in [0.25, 0.3) is 5.91 Å². The third kappa shape index (κ3) is 5.17. The number of nitrogen functional groups attached to an aromatic ring is 1. The lowest BCUT2D eigenvalue weighted by atomic mass is 10.1. The van der Waals surface area contributed by atoms with Crippen molar-refractivity contribution in [3.05, 3.63) is 59.8 Å². The summed E-state index contributed by atoms with van der Waals surface area (Å²) in [6.45, 7) is 8.44. The molecule has 0 saturated heterocycles. The quantitative estimate of drug-likeness (QED) is 0.253. The predicted molar refractivity (Wildman–Crippen MR) is 135 cm³/mol. The van der Waals surface area contributed by atoms with Gasteiger partial charge in [0, 0.05) is 24.3 Å². The maximum Gasteiger partial charge on any atom is 0.294 e. The molecule has 0 saturated carbocycles. The molecule has 186 valence electrons. The number of anilines is 2. The van der Waals surface area contributed by atoms with Gasteiger partial charge in [-0.1, -0.05) is 29.5 Å². The highest BCUT2D eigenvalue weighted by atomic mass is 16.6. The molecular formula is C24H27N9O3. The predicted octanol–water partition coefficient (Wildman–Crippen LogP) is 2.91. The van der Waals surface area contributed by atoms with E-state index in [1.54, 1.807) is 24.4 Å². The molecule has 0 unspecified atom stereocenters. The van der Waals surface area contributed by atoms with E-state index < -0.39 is 5.91 Å². The van der Waals surface area contributed by atoms with Crippen LogP contribution in [0.15, 0.2) is 58.3 Å². The zero-order valence-electron chi connectivity index (χ0n) is 20.3. The van der Waals surface area contributed by atoms with E-state index >= 15 is 0 Å². The Hall–Kier alpha value is -4.74. The van der Waals surface area contributed by atoms with Crippen molar-refractivity contribution in [2.75, 3.05) is 30.3 Å². The molecule has 3 N–H and O–H groups in total. The van der Waals surface area contributed by atoms with Crippen LogP contribution >= 0.6 is 0 Å². The van der Waals surface area contributed by atoms with Gasteiger partial charge in [-0.15, -0.1) is 5.10 Å². The zero-order valence-corrected chi connectivity index (χ0v) is 20.3. The highest BCUT2D eigenvalue weighted by molar-refractivity contribution is 5.99. The van der Waals surface area contributed by atoms with E-state index in [4.69, 9.17) is 15.1 Å². The first-order valence-corrected chi connectivity index (χ1v) is 11.5. The first kappa shape index (κ1) is 24.4. The van der Waals surface area contributed by atoms with Crippen LogP contribution in [0.1, 0.15) is 36.8 Å². The molecule has 12 heteroatoms. The van der Waals surface area contributed by atoms with E-state index in [2.05, 4.69) is 49.9 Å². The van der Waals surface area contributed by atoms with Crippen LogP contribution in [-0.2, 0) is 0 Å². The number of ether oxygens (including phenoxy) is 1. The van der Waals surface area contributed by atoms with Crippen LogP contribution in [0.4, 0.5) is 11.5 Å². The second kappa shape index (κ2) is 11.1. The zero-order chi connectivity index (χ0) is 25.5. The lowest BCUT2D eigenvalue weighted by Gasteiger charge is -2.20. The van der Waals surface area contributed by atoms with E-state index in [0.29, 0.717) is 23.6 Å². The molecule has 4 aromatic rings. The van der Waals surface area contributed by atoms with Crippen LogP contribution in [0, 0.1) is 0 Å². The van der Waals surface area contributed by atoms with Gasteiger partial charge >= 0.3 is 0 Å². The topological polar surface area (TPSA) is 150 Å². The van der Waals surface area contributed by atoms with Crippen molar-refractivity contribution in [1.82, 2.24) is 30.7 Å².